The number of hydrogen-bond donors (Lipinski definition) is 0. The molecule has 0 radical (unpaired) electrons. The van der Waals surface area contributed by atoms with Crippen molar-refractivity contribution in [2.24, 2.45) is 0 Å². The van der Waals surface area contributed by atoms with Gasteiger partial charge in [0.1, 0.15) is 11.2 Å². The minimum absolute atomic E-state index is 0.271. The Balaban J connectivity index is 2.61. The summed E-state index contributed by atoms with van der Waals surface area (Å²) >= 11 is 0.271. The van der Waals surface area contributed by atoms with Gasteiger partial charge in [-0.25, -0.2) is 0 Å². The highest BCUT2D eigenvalue weighted by molar-refractivity contribution is 8.74. The molecule has 0 saturated carbocycles. The van der Waals surface area contributed by atoms with Crippen molar-refractivity contribution in [3.63, 3.8) is 0 Å². The molecule has 0 atom stereocenters. The lowest BCUT2D eigenvalue weighted by Gasteiger charge is -1.89. The number of rotatable bonds is 2. The zero-order chi connectivity index (χ0) is 6.53. The SMILES string of the molecule is FSSc1ccccc1. The first-order valence-electron chi connectivity index (χ1n) is 2.44. The van der Waals surface area contributed by atoms with Crippen LogP contribution < -0.4 is 0 Å². The Morgan fingerprint density at radius 1 is 1.11 bits per heavy atom. The van der Waals surface area contributed by atoms with Crippen LogP contribution in [0.4, 0.5) is 3.89 Å². The largest absolute Gasteiger partial charge is 0.152 e. The molecule has 0 aromatic heterocycles. The Bertz CT molecular complexity index is 164. The van der Waals surface area contributed by atoms with Gasteiger partial charge in [-0.2, -0.15) is 3.89 Å². The van der Waals surface area contributed by atoms with Crippen LogP contribution in [0.15, 0.2) is 35.2 Å². The van der Waals surface area contributed by atoms with Gasteiger partial charge in [-0.05, 0) is 22.9 Å². The van der Waals surface area contributed by atoms with Gasteiger partial charge in [-0.15, -0.1) is 0 Å². The maximum Gasteiger partial charge on any atom is 0.120 e. The molecule has 48 valence electrons. The minimum atomic E-state index is 0.271. The molecule has 3 heteroatoms. The molecular formula is C6H5FS2. The Hall–Kier alpha value is -0.150. The Labute approximate surface area is 61.5 Å². The van der Waals surface area contributed by atoms with E-state index in [2.05, 4.69) is 0 Å². The lowest BCUT2D eigenvalue weighted by Crippen LogP contribution is -1.61. The van der Waals surface area contributed by atoms with E-state index in [0.29, 0.717) is 0 Å². The minimum Gasteiger partial charge on any atom is -0.152 e. The van der Waals surface area contributed by atoms with E-state index >= 15 is 0 Å². The molecule has 0 heterocycles. The van der Waals surface area contributed by atoms with Crippen molar-refractivity contribution in [1.82, 2.24) is 0 Å². The van der Waals surface area contributed by atoms with E-state index in [0.717, 1.165) is 15.7 Å². The molecule has 1 rings (SSSR count). The number of halogens is 1. The second-order valence-electron chi connectivity index (χ2n) is 1.46. The molecule has 0 spiro atoms. The molecule has 0 bridgehead atoms. The van der Waals surface area contributed by atoms with Crippen LogP contribution in [0.25, 0.3) is 0 Å². The van der Waals surface area contributed by atoms with Gasteiger partial charge >= 0.3 is 0 Å². The zero-order valence-electron chi connectivity index (χ0n) is 4.58. The van der Waals surface area contributed by atoms with Crippen molar-refractivity contribution in [2.45, 2.75) is 4.90 Å². The predicted octanol–water partition coefficient (Wildman–Crippen LogP) is 3.31. The van der Waals surface area contributed by atoms with Crippen molar-refractivity contribution in [3.05, 3.63) is 30.3 Å². The van der Waals surface area contributed by atoms with E-state index in [1.165, 1.54) is 0 Å². The molecule has 0 nitrogen and oxygen atoms in total. The van der Waals surface area contributed by atoms with E-state index in [1.807, 2.05) is 30.3 Å². The van der Waals surface area contributed by atoms with Gasteiger partial charge in [0.2, 0.25) is 0 Å². The average molecular weight is 160 g/mol. The smallest absolute Gasteiger partial charge is 0.120 e. The third kappa shape index (κ3) is 2.28. The maximum atomic E-state index is 11.6. The van der Waals surface area contributed by atoms with Gasteiger partial charge in [-0.3, -0.25) is 0 Å². The standard InChI is InChI=1S/C6H5FS2/c7-9-8-6-4-2-1-3-5-6/h1-5H. The Kier molecular flexibility index (Phi) is 2.94. The van der Waals surface area contributed by atoms with Crippen molar-refractivity contribution in [2.75, 3.05) is 0 Å². The topological polar surface area (TPSA) is 0 Å². The van der Waals surface area contributed by atoms with Crippen LogP contribution in [0.3, 0.4) is 0 Å². The van der Waals surface area contributed by atoms with Crippen LogP contribution in [-0.2, 0) is 0 Å². The molecule has 0 fully saturated rings. The third-order valence-electron chi connectivity index (χ3n) is 0.871. The van der Waals surface area contributed by atoms with E-state index in [-0.39, 0.29) is 11.2 Å². The normalized spacial score (nSPS) is 9.44. The summed E-state index contributed by atoms with van der Waals surface area (Å²) < 4.78 is 11.6. The summed E-state index contributed by atoms with van der Waals surface area (Å²) in [5.41, 5.74) is 0. The van der Waals surface area contributed by atoms with E-state index < -0.39 is 0 Å². The highest BCUT2D eigenvalue weighted by Crippen LogP contribution is 2.30. The fraction of sp³-hybridized carbons (Fsp3) is 0. The summed E-state index contributed by atoms with van der Waals surface area (Å²) in [5, 5.41) is 0. The summed E-state index contributed by atoms with van der Waals surface area (Å²) in [5.74, 6) is 0. The number of hydrogen-bond acceptors (Lipinski definition) is 2. The zero-order valence-corrected chi connectivity index (χ0v) is 6.21. The molecule has 9 heavy (non-hydrogen) atoms. The van der Waals surface area contributed by atoms with E-state index in [9.17, 15) is 3.89 Å². The van der Waals surface area contributed by atoms with Crippen molar-refractivity contribution < 1.29 is 3.89 Å². The molecule has 0 saturated heterocycles. The van der Waals surface area contributed by atoms with Gasteiger partial charge in [0.25, 0.3) is 0 Å². The fourth-order valence-electron chi connectivity index (χ4n) is 0.512. The van der Waals surface area contributed by atoms with Crippen LogP contribution >= 0.6 is 22.0 Å². The summed E-state index contributed by atoms with van der Waals surface area (Å²) in [6.07, 6.45) is 0. The fourth-order valence-corrected chi connectivity index (χ4v) is 1.40. The molecule has 0 amide bonds. The summed E-state index contributed by atoms with van der Waals surface area (Å²) in [6, 6.07) is 9.43. The summed E-state index contributed by atoms with van der Waals surface area (Å²) in [4.78, 5) is 0.949. The monoisotopic (exact) mass is 160 g/mol. The molecule has 0 unspecified atom stereocenters. The molecule has 0 N–H and O–H groups in total. The number of benzene rings is 1. The van der Waals surface area contributed by atoms with Crippen LogP contribution in [-0.4, -0.2) is 0 Å². The first-order valence-corrected chi connectivity index (χ1v) is 4.49. The maximum absolute atomic E-state index is 11.6. The second-order valence-corrected chi connectivity index (χ2v) is 3.10. The average Bonchev–Trinajstić information content (AvgIpc) is 1.91. The molecule has 0 aliphatic rings. The second kappa shape index (κ2) is 3.80. The first kappa shape index (κ1) is 6.96. The van der Waals surface area contributed by atoms with Crippen LogP contribution in [0.1, 0.15) is 0 Å². The van der Waals surface area contributed by atoms with Gasteiger partial charge in [0, 0.05) is 4.90 Å². The van der Waals surface area contributed by atoms with Gasteiger partial charge < -0.3 is 0 Å². The van der Waals surface area contributed by atoms with Gasteiger partial charge in [0.15, 0.2) is 0 Å². The van der Waals surface area contributed by atoms with Crippen molar-refractivity contribution in [3.8, 4) is 0 Å². The van der Waals surface area contributed by atoms with E-state index in [4.69, 9.17) is 0 Å². The molecule has 0 aliphatic heterocycles. The van der Waals surface area contributed by atoms with E-state index in [1.54, 1.807) is 0 Å². The lowest BCUT2D eigenvalue weighted by molar-refractivity contribution is 0.953. The molecule has 0 aliphatic carbocycles. The van der Waals surface area contributed by atoms with Crippen molar-refractivity contribution in [1.29, 1.82) is 0 Å². The Morgan fingerprint density at radius 3 is 2.33 bits per heavy atom. The van der Waals surface area contributed by atoms with Gasteiger partial charge in [-0.1, -0.05) is 18.2 Å². The molecule has 1 aromatic rings. The first-order chi connectivity index (χ1) is 4.43. The highest BCUT2D eigenvalue weighted by atomic mass is 33.1. The van der Waals surface area contributed by atoms with Crippen LogP contribution in [0.5, 0.6) is 0 Å². The molecule has 1 aromatic carbocycles. The summed E-state index contributed by atoms with van der Waals surface area (Å²) in [7, 11) is 1.13. The van der Waals surface area contributed by atoms with Crippen LogP contribution in [0, 0.1) is 0 Å². The summed E-state index contributed by atoms with van der Waals surface area (Å²) in [6.45, 7) is 0. The predicted molar refractivity (Wildman–Crippen MR) is 41.0 cm³/mol. The van der Waals surface area contributed by atoms with Gasteiger partial charge in [0.05, 0.1) is 0 Å². The van der Waals surface area contributed by atoms with Crippen LogP contribution in [0.2, 0.25) is 0 Å². The quantitative estimate of drug-likeness (QED) is 0.609. The highest BCUT2D eigenvalue weighted by Gasteiger charge is 1.88. The molecular weight excluding hydrogens is 155 g/mol. The Morgan fingerprint density at radius 2 is 1.78 bits per heavy atom. The van der Waals surface area contributed by atoms with Crippen molar-refractivity contribution >= 4 is 22.0 Å². The lowest BCUT2D eigenvalue weighted by atomic mass is 10.4. The third-order valence-corrected chi connectivity index (χ3v) is 2.16.